The number of benzene rings is 1. The molecule has 0 saturated carbocycles. The molecule has 2 N–H and O–H groups in total. The van der Waals surface area contributed by atoms with Crippen molar-refractivity contribution in [1.82, 2.24) is 34.1 Å². The molecule has 6 rings (SSSR count). The Labute approximate surface area is 181 Å². The number of imidazole rings is 1. The van der Waals surface area contributed by atoms with Crippen molar-refractivity contribution in [3.05, 3.63) is 77.0 Å². The molecule has 10 heteroatoms. The van der Waals surface area contributed by atoms with Crippen LogP contribution < -0.4 is 10.5 Å². The van der Waals surface area contributed by atoms with E-state index in [9.17, 15) is 9.90 Å². The molecule has 4 aromatic heterocycles. The second-order valence-corrected chi connectivity index (χ2v) is 7.78. The average molecular weight is 428 g/mol. The number of aromatic amines is 1. The summed E-state index contributed by atoms with van der Waals surface area (Å²) < 4.78 is 3.23. The van der Waals surface area contributed by atoms with Gasteiger partial charge in [-0.3, -0.25) is 9.36 Å². The van der Waals surface area contributed by atoms with Gasteiger partial charge >= 0.3 is 0 Å². The molecular weight excluding hydrogens is 408 g/mol. The van der Waals surface area contributed by atoms with Crippen molar-refractivity contribution in [2.75, 3.05) is 11.4 Å². The van der Waals surface area contributed by atoms with Crippen molar-refractivity contribution >= 4 is 22.5 Å². The number of nitrogens with one attached hydrogen (secondary N) is 1. The van der Waals surface area contributed by atoms with E-state index < -0.39 is 0 Å². The Kier molecular flexibility index (Phi) is 4.25. The molecule has 10 nitrogen and oxygen atoms in total. The van der Waals surface area contributed by atoms with Gasteiger partial charge in [-0.1, -0.05) is 18.2 Å². The molecule has 5 aromatic rings. The lowest BCUT2D eigenvalue weighted by molar-refractivity contribution is 0.283. The quantitative estimate of drug-likeness (QED) is 0.449. The minimum atomic E-state index is -0.226. The number of nitrogens with zero attached hydrogens (tertiary/aromatic N) is 7. The van der Waals surface area contributed by atoms with E-state index in [-0.39, 0.29) is 18.2 Å². The Bertz CT molecular complexity index is 1490. The van der Waals surface area contributed by atoms with Crippen molar-refractivity contribution in [3.63, 3.8) is 0 Å². The number of hydrogen-bond donors (Lipinski definition) is 2. The Hall–Kier alpha value is -4.05. The van der Waals surface area contributed by atoms with Crippen LogP contribution in [0.25, 0.3) is 22.4 Å². The van der Waals surface area contributed by atoms with E-state index in [1.165, 1.54) is 6.33 Å². The van der Waals surface area contributed by atoms with E-state index in [1.54, 1.807) is 27.7 Å². The molecule has 0 bridgehead atoms. The van der Waals surface area contributed by atoms with Crippen molar-refractivity contribution in [1.29, 1.82) is 0 Å². The van der Waals surface area contributed by atoms with E-state index in [1.807, 2.05) is 30.3 Å². The summed E-state index contributed by atoms with van der Waals surface area (Å²) in [6.45, 7) is 0.544. The fourth-order valence-electron chi connectivity index (χ4n) is 4.57. The number of fused-ring (bicyclic) bond motifs is 2. The van der Waals surface area contributed by atoms with Gasteiger partial charge in [0.25, 0.3) is 5.56 Å². The predicted molar refractivity (Wildman–Crippen MR) is 118 cm³/mol. The molecule has 1 fully saturated rings. The van der Waals surface area contributed by atoms with E-state index in [0.717, 1.165) is 36.4 Å². The number of H-pyrrole nitrogens is 1. The molecule has 0 radical (unpaired) electrons. The molecule has 32 heavy (non-hydrogen) atoms. The molecule has 1 aliphatic heterocycles. The molecule has 1 saturated heterocycles. The van der Waals surface area contributed by atoms with Crippen molar-refractivity contribution in [2.45, 2.75) is 25.5 Å². The van der Waals surface area contributed by atoms with E-state index >= 15 is 0 Å². The standard InChI is InChI=1S/C22H20N8O2/c31-11-14-8-10-29-18(14)22(32)30(15-5-2-1-3-6-15)20(27-29)16-7-4-9-28(16)21-17-19(24-12-23-17)25-13-26-21/h1-3,5-6,8,10,12-13,16,31H,4,7,9,11H2,(H,23,24,25,26). The van der Waals surface area contributed by atoms with Crippen molar-refractivity contribution in [2.24, 2.45) is 0 Å². The van der Waals surface area contributed by atoms with Gasteiger partial charge in [-0.2, -0.15) is 5.10 Å². The summed E-state index contributed by atoms with van der Waals surface area (Å²) in [5.41, 5.74) is 2.81. The Balaban J connectivity index is 1.60. The Morgan fingerprint density at radius 1 is 1.12 bits per heavy atom. The molecule has 1 aliphatic rings. The van der Waals surface area contributed by atoms with Crippen LogP contribution in [0.1, 0.15) is 30.3 Å². The highest BCUT2D eigenvalue weighted by Gasteiger charge is 2.33. The molecule has 1 aromatic carbocycles. The largest absolute Gasteiger partial charge is 0.392 e. The number of para-hydroxylation sites is 1. The normalized spacial score (nSPS) is 16.4. The zero-order valence-electron chi connectivity index (χ0n) is 17.1. The van der Waals surface area contributed by atoms with Crippen molar-refractivity contribution in [3.8, 4) is 5.69 Å². The zero-order valence-corrected chi connectivity index (χ0v) is 17.1. The summed E-state index contributed by atoms with van der Waals surface area (Å²) in [4.78, 5) is 32.0. The summed E-state index contributed by atoms with van der Waals surface area (Å²) >= 11 is 0. The van der Waals surface area contributed by atoms with Gasteiger partial charge in [-0.25, -0.2) is 19.5 Å². The zero-order chi connectivity index (χ0) is 21.7. The molecule has 0 spiro atoms. The molecule has 5 heterocycles. The monoisotopic (exact) mass is 428 g/mol. The van der Waals surface area contributed by atoms with Gasteiger partial charge in [-0.15, -0.1) is 0 Å². The smallest absolute Gasteiger partial charge is 0.282 e. The minimum absolute atomic E-state index is 0.173. The maximum absolute atomic E-state index is 13.7. The molecule has 0 amide bonds. The second-order valence-electron chi connectivity index (χ2n) is 7.78. The third kappa shape index (κ3) is 2.73. The van der Waals surface area contributed by atoms with Crippen LogP contribution in [0.15, 0.2) is 60.0 Å². The van der Waals surface area contributed by atoms with Gasteiger partial charge in [0, 0.05) is 18.3 Å². The van der Waals surface area contributed by atoms with E-state index in [2.05, 4.69) is 24.8 Å². The molecule has 1 atom stereocenters. The van der Waals surface area contributed by atoms with E-state index in [4.69, 9.17) is 5.10 Å². The molecule has 1 unspecified atom stereocenters. The van der Waals surface area contributed by atoms with Crippen LogP contribution in [-0.4, -0.2) is 45.8 Å². The number of hydrogen-bond acceptors (Lipinski definition) is 7. The first kappa shape index (κ1) is 18.7. The molecular formula is C22H20N8O2. The van der Waals surface area contributed by atoms with Gasteiger partial charge in [0.15, 0.2) is 17.3 Å². The third-order valence-electron chi connectivity index (χ3n) is 6.01. The first-order valence-corrected chi connectivity index (χ1v) is 10.5. The lowest BCUT2D eigenvalue weighted by atomic mass is 10.2. The number of aliphatic hydroxyl groups excluding tert-OH is 1. The average Bonchev–Trinajstić information content (AvgIpc) is 3.58. The minimum Gasteiger partial charge on any atom is -0.392 e. The van der Waals surface area contributed by atoms with Gasteiger partial charge in [0.2, 0.25) is 0 Å². The summed E-state index contributed by atoms with van der Waals surface area (Å²) in [6.07, 6.45) is 6.58. The highest BCUT2D eigenvalue weighted by molar-refractivity contribution is 5.83. The van der Waals surface area contributed by atoms with Crippen LogP contribution in [-0.2, 0) is 6.61 Å². The van der Waals surface area contributed by atoms with Crippen LogP contribution >= 0.6 is 0 Å². The molecule has 160 valence electrons. The van der Waals surface area contributed by atoms with Crippen LogP contribution in [0, 0.1) is 0 Å². The lowest BCUT2D eigenvalue weighted by Crippen LogP contribution is -2.33. The highest BCUT2D eigenvalue weighted by atomic mass is 16.3. The summed E-state index contributed by atoms with van der Waals surface area (Å²) in [7, 11) is 0. The van der Waals surface area contributed by atoms with Crippen LogP contribution in [0.2, 0.25) is 0 Å². The fourth-order valence-corrected chi connectivity index (χ4v) is 4.57. The maximum atomic E-state index is 13.7. The van der Waals surface area contributed by atoms with Crippen LogP contribution in [0.5, 0.6) is 0 Å². The topological polar surface area (TPSA) is 117 Å². The van der Waals surface area contributed by atoms with Crippen LogP contribution in [0.4, 0.5) is 5.82 Å². The van der Waals surface area contributed by atoms with Gasteiger partial charge < -0.3 is 15.0 Å². The fraction of sp³-hybridized carbons (Fsp3) is 0.227. The SMILES string of the molecule is O=c1c2c(CO)ccn2nc(C2CCCN2c2ncnc3nc[nH]c23)n1-c1ccccc1. The Morgan fingerprint density at radius 2 is 2.00 bits per heavy atom. The second kappa shape index (κ2) is 7.27. The predicted octanol–water partition coefficient (Wildman–Crippen LogP) is 1.99. The summed E-state index contributed by atoms with van der Waals surface area (Å²) in [5.74, 6) is 1.37. The summed E-state index contributed by atoms with van der Waals surface area (Å²) in [6, 6.07) is 11.0. The van der Waals surface area contributed by atoms with Gasteiger partial charge in [-0.05, 0) is 31.0 Å². The third-order valence-corrected chi connectivity index (χ3v) is 6.01. The lowest BCUT2D eigenvalue weighted by Gasteiger charge is -2.27. The number of aliphatic hydroxyl groups is 1. The van der Waals surface area contributed by atoms with Crippen LogP contribution in [0.3, 0.4) is 0 Å². The Morgan fingerprint density at radius 3 is 2.84 bits per heavy atom. The van der Waals surface area contributed by atoms with Crippen molar-refractivity contribution < 1.29 is 5.11 Å². The van der Waals surface area contributed by atoms with E-state index in [0.29, 0.717) is 22.6 Å². The number of anilines is 1. The highest BCUT2D eigenvalue weighted by Crippen LogP contribution is 2.36. The summed E-state index contributed by atoms with van der Waals surface area (Å²) in [5, 5.41) is 14.6. The first-order valence-electron chi connectivity index (χ1n) is 10.5. The molecule has 0 aliphatic carbocycles. The first-order chi connectivity index (χ1) is 15.8. The number of rotatable bonds is 4. The maximum Gasteiger partial charge on any atom is 0.282 e. The number of aromatic nitrogens is 7. The van der Waals surface area contributed by atoms with Gasteiger partial charge in [0.1, 0.15) is 17.4 Å². The van der Waals surface area contributed by atoms with Gasteiger partial charge in [0.05, 0.1) is 24.7 Å².